The maximum absolute atomic E-state index is 8.84. The van der Waals surface area contributed by atoms with E-state index in [4.69, 9.17) is 10.8 Å². The van der Waals surface area contributed by atoms with Crippen LogP contribution in [0.4, 0.5) is 0 Å². The summed E-state index contributed by atoms with van der Waals surface area (Å²) in [6.45, 7) is 4.90. The minimum Gasteiger partial charge on any atom is -0.396 e. The number of hydrogen-bond acceptors (Lipinski definition) is 2. The zero-order valence-electron chi connectivity index (χ0n) is 6.35. The Morgan fingerprint density at radius 2 is 2.11 bits per heavy atom. The van der Waals surface area contributed by atoms with Gasteiger partial charge >= 0.3 is 0 Å². The molecule has 0 heterocycles. The molecule has 0 spiro atoms. The molecule has 0 saturated heterocycles. The SMILES string of the molecule is CCCC(C)(CN)CO. The molecule has 0 saturated carbocycles. The van der Waals surface area contributed by atoms with Crippen LogP contribution in [0.15, 0.2) is 0 Å². The maximum Gasteiger partial charge on any atom is 0.0496 e. The molecule has 0 amide bonds. The third-order valence-electron chi connectivity index (χ3n) is 1.73. The molecule has 0 aliphatic heterocycles. The summed E-state index contributed by atoms with van der Waals surface area (Å²) in [5, 5.41) is 8.84. The summed E-state index contributed by atoms with van der Waals surface area (Å²) in [6.07, 6.45) is 2.11. The second-order valence-electron chi connectivity index (χ2n) is 2.92. The van der Waals surface area contributed by atoms with Crippen LogP contribution in [0.2, 0.25) is 0 Å². The monoisotopic (exact) mass is 131 g/mol. The van der Waals surface area contributed by atoms with Crippen LogP contribution in [-0.4, -0.2) is 18.3 Å². The summed E-state index contributed by atoms with van der Waals surface area (Å²) in [7, 11) is 0. The molecule has 1 atom stereocenters. The summed E-state index contributed by atoms with van der Waals surface area (Å²) >= 11 is 0. The van der Waals surface area contributed by atoms with Crippen molar-refractivity contribution >= 4 is 0 Å². The van der Waals surface area contributed by atoms with Crippen molar-refractivity contribution in [1.29, 1.82) is 0 Å². The maximum atomic E-state index is 8.84. The van der Waals surface area contributed by atoms with E-state index >= 15 is 0 Å². The largest absolute Gasteiger partial charge is 0.396 e. The summed E-state index contributed by atoms with van der Waals surface area (Å²) in [5.41, 5.74) is 5.41. The Hall–Kier alpha value is -0.0800. The number of nitrogens with two attached hydrogens (primary N) is 1. The van der Waals surface area contributed by atoms with Gasteiger partial charge in [-0.2, -0.15) is 0 Å². The first-order valence-electron chi connectivity index (χ1n) is 3.49. The molecule has 56 valence electrons. The zero-order chi connectivity index (χ0) is 7.33. The zero-order valence-corrected chi connectivity index (χ0v) is 6.35. The highest BCUT2D eigenvalue weighted by Gasteiger charge is 2.19. The average molecular weight is 131 g/mol. The Kier molecular flexibility index (Phi) is 3.82. The van der Waals surface area contributed by atoms with E-state index in [1.165, 1.54) is 0 Å². The second kappa shape index (κ2) is 3.85. The van der Waals surface area contributed by atoms with Gasteiger partial charge in [0, 0.05) is 12.0 Å². The third kappa shape index (κ3) is 2.82. The summed E-state index contributed by atoms with van der Waals surface area (Å²) < 4.78 is 0. The number of hydrogen-bond donors (Lipinski definition) is 2. The second-order valence-corrected chi connectivity index (χ2v) is 2.92. The summed E-state index contributed by atoms with van der Waals surface area (Å²) in [6, 6.07) is 0. The predicted molar refractivity (Wildman–Crippen MR) is 39.2 cm³/mol. The third-order valence-corrected chi connectivity index (χ3v) is 1.73. The molecule has 0 aliphatic carbocycles. The van der Waals surface area contributed by atoms with E-state index in [-0.39, 0.29) is 12.0 Å². The molecule has 2 heteroatoms. The van der Waals surface area contributed by atoms with Gasteiger partial charge in [-0.3, -0.25) is 0 Å². The number of rotatable bonds is 4. The van der Waals surface area contributed by atoms with Crippen LogP contribution in [0.1, 0.15) is 26.7 Å². The molecule has 9 heavy (non-hydrogen) atoms. The Bertz CT molecular complexity index is 69.3. The van der Waals surface area contributed by atoms with Crippen molar-refractivity contribution in [3.8, 4) is 0 Å². The van der Waals surface area contributed by atoms with Crippen LogP contribution in [0.3, 0.4) is 0 Å². The van der Waals surface area contributed by atoms with Gasteiger partial charge in [-0.1, -0.05) is 20.3 Å². The lowest BCUT2D eigenvalue weighted by atomic mass is 9.87. The van der Waals surface area contributed by atoms with Crippen LogP contribution in [-0.2, 0) is 0 Å². The van der Waals surface area contributed by atoms with Gasteiger partial charge in [0.25, 0.3) is 0 Å². The highest BCUT2D eigenvalue weighted by atomic mass is 16.3. The molecule has 0 fully saturated rings. The minimum atomic E-state index is -0.0330. The Morgan fingerprint density at radius 1 is 1.56 bits per heavy atom. The van der Waals surface area contributed by atoms with Gasteiger partial charge in [-0.05, 0) is 13.0 Å². The molecule has 0 aromatic heterocycles. The van der Waals surface area contributed by atoms with E-state index in [1.54, 1.807) is 0 Å². The summed E-state index contributed by atoms with van der Waals surface area (Å²) in [5.74, 6) is 0. The molecule has 1 unspecified atom stereocenters. The molecular formula is C7H17NO. The van der Waals surface area contributed by atoms with Gasteiger partial charge in [-0.15, -0.1) is 0 Å². The minimum absolute atomic E-state index is 0.0330. The highest BCUT2D eigenvalue weighted by Crippen LogP contribution is 2.19. The lowest BCUT2D eigenvalue weighted by Crippen LogP contribution is -2.30. The quantitative estimate of drug-likeness (QED) is 0.591. The number of aliphatic hydroxyl groups is 1. The van der Waals surface area contributed by atoms with Crippen molar-refractivity contribution in [2.24, 2.45) is 11.1 Å². The first kappa shape index (κ1) is 8.92. The summed E-state index contributed by atoms with van der Waals surface area (Å²) in [4.78, 5) is 0. The van der Waals surface area contributed by atoms with Gasteiger partial charge in [0.1, 0.15) is 0 Å². The average Bonchev–Trinajstić information content (AvgIpc) is 1.89. The van der Waals surface area contributed by atoms with Gasteiger partial charge < -0.3 is 10.8 Å². The Labute approximate surface area is 57.1 Å². The molecule has 0 rings (SSSR count). The normalized spacial score (nSPS) is 17.3. The van der Waals surface area contributed by atoms with Crippen LogP contribution in [0, 0.1) is 5.41 Å². The van der Waals surface area contributed by atoms with Crippen LogP contribution in [0.25, 0.3) is 0 Å². The van der Waals surface area contributed by atoms with Crippen molar-refractivity contribution in [3.63, 3.8) is 0 Å². The van der Waals surface area contributed by atoms with Crippen molar-refractivity contribution < 1.29 is 5.11 Å². The van der Waals surface area contributed by atoms with Crippen molar-refractivity contribution in [2.45, 2.75) is 26.7 Å². The molecule has 3 N–H and O–H groups in total. The fourth-order valence-electron chi connectivity index (χ4n) is 0.849. The molecular weight excluding hydrogens is 114 g/mol. The lowest BCUT2D eigenvalue weighted by molar-refractivity contribution is 0.139. The van der Waals surface area contributed by atoms with E-state index in [0.717, 1.165) is 12.8 Å². The topological polar surface area (TPSA) is 46.2 Å². The van der Waals surface area contributed by atoms with Gasteiger partial charge in [0.15, 0.2) is 0 Å². The fraction of sp³-hybridized carbons (Fsp3) is 1.00. The molecule has 0 aliphatic rings. The van der Waals surface area contributed by atoms with Gasteiger partial charge in [-0.25, -0.2) is 0 Å². The van der Waals surface area contributed by atoms with Gasteiger partial charge in [0.2, 0.25) is 0 Å². The van der Waals surface area contributed by atoms with Crippen molar-refractivity contribution in [2.75, 3.05) is 13.2 Å². The molecule has 2 nitrogen and oxygen atoms in total. The van der Waals surface area contributed by atoms with E-state index in [2.05, 4.69) is 6.92 Å². The first-order chi connectivity index (χ1) is 4.18. The molecule has 0 bridgehead atoms. The smallest absolute Gasteiger partial charge is 0.0496 e. The predicted octanol–water partition coefficient (Wildman–Crippen LogP) is 0.744. The van der Waals surface area contributed by atoms with Crippen molar-refractivity contribution in [1.82, 2.24) is 0 Å². The molecule has 0 aromatic carbocycles. The molecule has 0 radical (unpaired) electrons. The van der Waals surface area contributed by atoms with Crippen LogP contribution < -0.4 is 5.73 Å². The number of aliphatic hydroxyl groups excluding tert-OH is 1. The van der Waals surface area contributed by atoms with E-state index in [0.29, 0.717) is 6.54 Å². The van der Waals surface area contributed by atoms with Gasteiger partial charge in [0.05, 0.1) is 0 Å². The molecule has 0 aromatic rings. The highest BCUT2D eigenvalue weighted by molar-refractivity contribution is 4.72. The Morgan fingerprint density at radius 3 is 2.22 bits per heavy atom. The van der Waals surface area contributed by atoms with Crippen molar-refractivity contribution in [3.05, 3.63) is 0 Å². The van der Waals surface area contributed by atoms with Crippen LogP contribution in [0.5, 0.6) is 0 Å². The van der Waals surface area contributed by atoms with E-state index in [9.17, 15) is 0 Å². The Balaban J connectivity index is 3.62. The van der Waals surface area contributed by atoms with E-state index in [1.807, 2.05) is 6.92 Å². The standard InChI is InChI=1S/C7H17NO/c1-3-4-7(2,5-8)6-9/h9H,3-6,8H2,1-2H3. The lowest BCUT2D eigenvalue weighted by Gasteiger charge is -2.23. The van der Waals surface area contributed by atoms with E-state index < -0.39 is 0 Å². The van der Waals surface area contributed by atoms with Crippen LogP contribution >= 0.6 is 0 Å². The first-order valence-corrected chi connectivity index (χ1v) is 3.49. The fourth-order valence-corrected chi connectivity index (χ4v) is 0.849.